The molecule has 1 heterocycles. The van der Waals surface area contributed by atoms with Gasteiger partial charge in [-0.2, -0.15) is 0 Å². The second-order valence-electron chi connectivity index (χ2n) is 7.44. The van der Waals surface area contributed by atoms with Crippen LogP contribution in [0, 0.1) is 16.2 Å². The Labute approximate surface area is 121 Å². The van der Waals surface area contributed by atoms with Crippen LogP contribution in [-0.4, -0.2) is 29.5 Å². The van der Waals surface area contributed by atoms with Gasteiger partial charge < -0.3 is 0 Å². The normalized spacial score (nSPS) is 31.6. The Morgan fingerprint density at radius 3 is 2.05 bits per heavy atom. The minimum Gasteiger partial charge on any atom is -0.299 e. The lowest BCUT2D eigenvalue weighted by Gasteiger charge is -2.47. The lowest BCUT2D eigenvalue weighted by Crippen LogP contribution is -2.57. The van der Waals surface area contributed by atoms with Gasteiger partial charge in [-0.15, -0.1) is 0 Å². The van der Waals surface area contributed by atoms with E-state index < -0.39 is 16.2 Å². The van der Waals surface area contributed by atoms with Crippen LogP contribution >= 0.6 is 0 Å². The third-order valence-electron chi connectivity index (χ3n) is 4.99. The van der Waals surface area contributed by atoms with Gasteiger partial charge in [-0.3, -0.25) is 19.3 Å². The van der Waals surface area contributed by atoms with E-state index in [0.717, 1.165) is 0 Å². The van der Waals surface area contributed by atoms with Crippen LogP contribution in [0.1, 0.15) is 60.8 Å². The summed E-state index contributed by atoms with van der Waals surface area (Å²) < 4.78 is 0. The van der Waals surface area contributed by atoms with Crippen LogP contribution in [0.25, 0.3) is 0 Å². The molecule has 114 valence electrons. The molecule has 1 rings (SSSR count). The number of amides is 2. The number of carbonyl (C=O) groups excluding carboxylic acids is 3. The first-order valence-electron chi connectivity index (χ1n) is 7.23. The van der Waals surface area contributed by atoms with E-state index in [2.05, 4.69) is 0 Å². The van der Waals surface area contributed by atoms with Gasteiger partial charge in [0.15, 0.2) is 0 Å². The summed E-state index contributed by atoms with van der Waals surface area (Å²) in [5, 5.41) is 0. The number of hydrogen-bond donors (Lipinski definition) is 0. The summed E-state index contributed by atoms with van der Waals surface area (Å²) in [4.78, 5) is 37.9. The van der Waals surface area contributed by atoms with Crippen molar-refractivity contribution in [1.82, 2.24) is 4.90 Å². The van der Waals surface area contributed by atoms with E-state index in [9.17, 15) is 14.4 Å². The first-order chi connectivity index (χ1) is 8.89. The quantitative estimate of drug-likeness (QED) is 0.745. The minimum atomic E-state index is -0.664. The maximum absolute atomic E-state index is 12.6. The molecule has 0 radical (unpaired) electrons. The maximum atomic E-state index is 12.6. The van der Waals surface area contributed by atoms with E-state index in [4.69, 9.17) is 0 Å². The Morgan fingerprint density at radius 2 is 1.65 bits per heavy atom. The van der Waals surface area contributed by atoms with Crippen LogP contribution in [0.4, 0.5) is 0 Å². The summed E-state index contributed by atoms with van der Waals surface area (Å²) in [5.74, 6) is -0.199. The Kier molecular flexibility index (Phi) is 4.19. The fourth-order valence-electron chi connectivity index (χ4n) is 3.43. The maximum Gasteiger partial charge on any atom is 0.234 e. The molecule has 0 N–H and O–H groups in total. The average molecular weight is 281 g/mol. The molecule has 2 amide bonds. The number of ketones is 1. The molecule has 4 nitrogen and oxygen atoms in total. The first kappa shape index (κ1) is 16.9. The van der Waals surface area contributed by atoms with Gasteiger partial charge in [-0.25, -0.2) is 0 Å². The minimum absolute atomic E-state index is 0.0734. The molecular formula is C16H27NO3. The van der Waals surface area contributed by atoms with Crippen LogP contribution in [-0.2, 0) is 14.4 Å². The molecular weight excluding hydrogens is 254 g/mol. The number of likely N-dealkylation sites (tertiary alicyclic amines) is 1. The highest BCUT2D eigenvalue weighted by molar-refractivity contribution is 6.03. The number of rotatable bonds is 4. The average Bonchev–Trinajstić information content (AvgIpc) is 2.33. The molecule has 0 spiro atoms. The van der Waals surface area contributed by atoms with E-state index in [1.165, 1.54) is 4.90 Å². The van der Waals surface area contributed by atoms with Crippen molar-refractivity contribution in [3.63, 3.8) is 0 Å². The summed E-state index contributed by atoms with van der Waals surface area (Å²) in [6.45, 7) is 11.1. The Bertz CT molecular complexity index is 451. The number of imide groups is 1. The van der Waals surface area contributed by atoms with Crippen LogP contribution < -0.4 is 0 Å². The zero-order valence-electron chi connectivity index (χ0n) is 13.8. The molecule has 0 bridgehead atoms. The topological polar surface area (TPSA) is 54.5 Å². The molecule has 20 heavy (non-hydrogen) atoms. The molecule has 1 aliphatic heterocycles. The summed E-state index contributed by atoms with van der Waals surface area (Å²) in [6.07, 6.45) is 1.68. The van der Waals surface area contributed by atoms with Gasteiger partial charge >= 0.3 is 0 Å². The largest absolute Gasteiger partial charge is 0.299 e. The molecule has 4 heteroatoms. The fourth-order valence-corrected chi connectivity index (χ4v) is 3.43. The van der Waals surface area contributed by atoms with E-state index in [1.54, 1.807) is 14.0 Å². The van der Waals surface area contributed by atoms with Crippen LogP contribution in [0.15, 0.2) is 0 Å². The zero-order valence-corrected chi connectivity index (χ0v) is 13.8. The first-order valence-corrected chi connectivity index (χ1v) is 7.23. The van der Waals surface area contributed by atoms with Crippen LogP contribution in [0.5, 0.6) is 0 Å². The summed E-state index contributed by atoms with van der Waals surface area (Å²) in [6, 6.07) is 0. The lowest BCUT2D eigenvalue weighted by atomic mass is 9.61. The summed E-state index contributed by atoms with van der Waals surface area (Å²) in [7, 11) is 1.55. The molecule has 2 atom stereocenters. The Morgan fingerprint density at radius 1 is 1.20 bits per heavy atom. The second-order valence-corrected chi connectivity index (χ2v) is 7.44. The number of piperidine rings is 1. The Hall–Kier alpha value is -1.19. The monoisotopic (exact) mass is 281 g/mol. The van der Waals surface area contributed by atoms with Gasteiger partial charge in [0.05, 0.1) is 0 Å². The third kappa shape index (κ3) is 2.65. The zero-order chi connectivity index (χ0) is 15.9. The van der Waals surface area contributed by atoms with Gasteiger partial charge in [-0.05, 0) is 26.2 Å². The SMILES string of the molecule is CCC1(C)CC(C)(CC(C)(C)C(C)=O)C(=O)N(C)C1=O. The van der Waals surface area contributed by atoms with Crippen molar-refractivity contribution in [2.24, 2.45) is 16.2 Å². The highest BCUT2D eigenvalue weighted by atomic mass is 16.2. The van der Waals surface area contributed by atoms with Crippen molar-refractivity contribution >= 4 is 17.6 Å². The Balaban J connectivity index is 3.18. The molecule has 1 saturated heterocycles. The number of carbonyl (C=O) groups is 3. The van der Waals surface area contributed by atoms with Crippen molar-refractivity contribution in [2.45, 2.75) is 60.8 Å². The third-order valence-corrected chi connectivity index (χ3v) is 4.99. The van der Waals surface area contributed by atoms with E-state index in [1.807, 2.05) is 34.6 Å². The van der Waals surface area contributed by atoms with Crippen molar-refractivity contribution in [3.05, 3.63) is 0 Å². The smallest absolute Gasteiger partial charge is 0.234 e. The van der Waals surface area contributed by atoms with Crippen molar-refractivity contribution in [1.29, 1.82) is 0 Å². The molecule has 0 aliphatic carbocycles. The van der Waals surface area contributed by atoms with Crippen molar-refractivity contribution < 1.29 is 14.4 Å². The highest BCUT2D eigenvalue weighted by Gasteiger charge is 2.54. The van der Waals surface area contributed by atoms with Crippen molar-refractivity contribution in [2.75, 3.05) is 7.05 Å². The van der Waals surface area contributed by atoms with Crippen LogP contribution in [0.2, 0.25) is 0 Å². The molecule has 2 unspecified atom stereocenters. The summed E-state index contributed by atoms with van der Waals surface area (Å²) in [5.41, 5.74) is -1.74. The highest BCUT2D eigenvalue weighted by Crippen LogP contribution is 2.49. The molecule has 0 aromatic heterocycles. The predicted octanol–water partition coefficient (Wildman–Crippen LogP) is 2.80. The molecule has 0 aromatic rings. The van der Waals surface area contributed by atoms with Crippen LogP contribution in [0.3, 0.4) is 0 Å². The molecule has 0 saturated carbocycles. The van der Waals surface area contributed by atoms with Gasteiger partial charge in [0.1, 0.15) is 5.78 Å². The lowest BCUT2D eigenvalue weighted by molar-refractivity contribution is -0.167. The predicted molar refractivity (Wildman–Crippen MR) is 78.0 cm³/mol. The second kappa shape index (κ2) is 4.97. The van der Waals surface area contributed by atoms with E-state index in [-0.39, 0.29) is 17.6 Å². The van der Waals surface area contributed by atoms with Crippen molar-refractivity contribution in [3.8, 4) is 0 Å². The number of Topliss-reactive ketones (excluding diaryl/α,β-unsaturated/α-hetero) is 1. The van der Waals surface area contributed by atoms with Gasteiger partial charge in [0, 0.05) is 23.3 Å². The van der Waals surface area contributed by atoms with Gasteiger partial charge in [0.25, 0.3) is 0 Å². The van der Waals surface area contributed by atoms with Gasteiger partial charge in [0.2, 0.25) is 11.8 Å². The van der Waals surface area contributed by atoms with E-state index >= 15 is 0 Å². The van der Waals surface area contributed by atoms with E-state index in [0.29, 0.717) is 19.3 Å². The fraction of sp³-hybridized carbons (Fsp3) is 0.812. The standard InChI is InChI=1S/C16H27NO3/c1-8-15(5)10-16(6,9-14(3,4)11(2)18)13(20)17(7)12(15)19/h8-10H2,1-7H3. The summed E-state index contributed by atoms with van der Waals surface area (Å²) >= 11 is 0. The molecule has 1 aliphatic rings. The molecule has 1 fully saturated rings. The number of nitrogens with zero attached hydrogens (tertiary/aromatic N) is 1. The molecule has 0 aromatic carbocycles. The van der Waals surface area contributed by atoms with Gasteiger partial charge in [-0.1, -0.05) is 34.6 Å². The number of hydrogen-bond acceptors (Lipinski definition) is 3.